The van der Waals surface area contributed by atoms with Crippen molar-refractivity contribution in [3.63, 3.8) is 0 Å². The van der Waals surface area contributed by atoms with E-state index >= 15 is 0 Å². The van der Waals surface area contributed by atoms with E-state index in [0.29, 0.717) is 19.6 Å². The number of nitrogens with zero attached hydrogens (tertiary/aromatic N) is 1. The fourth-order valence-electron chi connectivity index (χ4n) is 2.94. The monoisotopic (exact) mass is 311 g/mol. The van der Waals surface area contributed by atoms with Crippen LogP contribution in [-0.4, -0.2) is 25.7 Å². The topological polar surface area (TPSA) is 38.8 Å². The number of carbonyl (C=O) groups excluding carboxylic acids is 1. The van der Waals surface area contributed by atoms with Crippen LogP contribution in [0.5, 0.6) is 5.75 Å². The molecule has 1 saturated heterocycles. The number of amides is 1. The average Bonchev–Trinajstić information content (AvgIpc) is 2.95. The van der Waals surface area contributed by atoms with Crippen LogP contribution in [-0.2, 0) is 16.1 Å². The first kappa shape index (κ1) is 15.6. The van der Waals surface area contributed by atoms with Crippen LogP contribution in [0.3, 0.4) is 0 Å². The van der Waals surface area contributed by atoms with E-state index in [0.717, 1.165) is 23.4 Å². The third-order valence-electron chi connectivity index (χ3n) is 4.05. The third kappa shape index (κ3) is 3.54. The molecule has 0 aliphatic carbocycles. The maximum Gasteiger partial charge on any atom is 0.227 e. The second-order valence-electron chi connectivity index (χ2n) is 5.65. The lowest BCUT2D eigenvalue weighted by Gasteiger charge is -2.26. The van der Waals surface area contributed by atoms with Gasteiger partial charge in [-0.1, -0.05) is 42.5 Å². The molecule has 2 aromatic carbocycles. The van der Waals surface area contributed by atoms with E-state index < -0.39 is 0 Å². The van der Waals surface area contributed by atoms with Gasteiger partial charge in [0.15, 0.2) is 0 Å². The molecule has 4 nitrogen and oxygen atoms in total. The molecule has 4 heteroatoms. The average molecular weight is 311 g/mol. The van der Waals surface area contributed by atoms with Crippen molar-refractivity contribution in [2.24, 2.45) is 0 Å². The molecule has 1 aliphatic heterocycles. The molecule has 1 amide bonds. The fraction of sp³-hybridized carbons (Fsp3) is 0.316. The van der Waals surface area contributed by atoms with Gasteiger partial charge < -0.3 is 14.4 Å². The van der Waals surface area contributed by atoms with Crippen LogP contribution in [0.2, 0.25) is 0 Å². The number of para-hydroxylation sites is 2. The summed E-state index contributed by atoms with van der Waals surface area (Å²) >= 11 is 0. The standard InChI is InChI=1S/C19H21NO3/c1-22-14-16-11-12-19(21)20(16)17-9-5-6-10-18(17)23-13-15-7-3-2-4-8-15/h2-10,16H,11-14H2,1H3/t16-/m1/s1. The molecule has 0 aromatic heterocycles. The number of ether oxygens (including phenoxy) is 2. The van der Waals surface area contributed by atoms with Crippen LogP contribution >= 0.6 is 0 Å². The third-order valence-corrected chi connectivity index (χ3v) is 4.05. The van der Waals surface area contributed by atoms with Gasteiger partial charge in [-0.25, -0.2) is 0 Å². The lowest BCUT2D eigenvalue weighted by Crippen LogP contribution is -2.36. The maximum atomic E-state index is 12.3. The summed E-state index contributed by atoms with van der Waals surface area (Å²) < 4.78 is 11.2. The number of anilines is 1. The molecule has 120 valence electrons. The molecule has 1 fully saturated rings. The molecule has 0 N–H and O–H groups in total. The molecule has 3 rings (SSSR count). The smallest absolute Gasteiger partial charge is 0.227 e. The van der Waals surface area contributed by atoms with Gasteiger partial charge in [0.05, 0.1) is 18.3 Å². The zero-order chi connectivity index (χ0) is 16.1. The first-order chi connectivity index (χ1) is 11.3. The normalized spacial score (nSPS) is 17.5. The molecule has 1 aliphatic rings. The van der Waals surface area contributed by atoms with E-state index in [2.05, 4.69) is 0 Å². The highest BCUT2D eigenvalue weighted by atomic mass is 16.5. The molecule has 2 aromatic rings. The summed E-state index contributed by atoms with van der Waals surface area (Å²) in [5.74, 6) is 0.857. The Kier molecular flexibility index (Phi) is 4.93. The second kappa shape index (κ2) is 7.29. The lowest BCUT2D eigenvalue weighted by molar-refractivity contribution is -0.117. The predicted molar refractivity (Wildman–Crippen MR) is 89.6 cm³/mol. The summed E-state index contributed by atoms with van der Waals surface area (Å²) in [5.41, 5.74) is 1.93. The van der Waals surface area contributed by atoms with Gasteiger partial charge in [-0.15, -0.1) is 0 Å². The first-order valence-corrected chi connectivity index (χ1v) is 7.86. The Labute approximate surface area is 136 Å². The number of methoxy groups -OCH3 is 1. The minimum Gasteiger partial charge on any atom is -0.487 e. The minimum atomic E-state index is 0.0778. The van der Waals surface area contributed by atoms with Crippen molar-refractivity contribution in [1.82, 2.24) is 0 Å². The molecule has 0 unspecified atom stereocenters. The molecule has 1 atom stereocenters. The molecule has 1 heterocycles. The predicted octanol–water partition coefficient (Wildman–Crippen LogP) is 3.41. The summed E-state index contributed by atoms with van der Waals surface area (Å²) in [7, 11) is 1.67. The maximum absolute atomic E-state index is 12.3. The van der Waals surface area contributed by atoms with Crippen LogP contribution in [0.1, 0.15) is 18.4 Å². The van der Waals surface area contributed by atoms with E-state index in [4.69, 9.17) is 9.47 Å². The Morgan fingerprint density at radius 3 is 2.61 bits per heavy atom. The van der Waals surface area contributed by atoms with Crippen molar-refractivity contribution in [2.45, 2.75) is 25.5 Å². The van der Waals surface area contributed by atoms with E-state index in [1.54, 1.807) is 7.11 Å². The van der Waals surface area contributed by atoms with Crippen LogP contribution in [0.4, 0.5) is 5.69 Å². The van der Waals surface area contributed by atoms with Crippen LogP contribution in [0.25, 0.3) is 0 Å². The van der Waals surface area contributed by atoms with Gasteiger partial charge in [0.25, 0.3) is 0 Å². The highest BCUT2D eigenvalue weighted by molar-refractivity contribution is 5.97. The van der Waals surface area contributed by atoms with Crippen molar-refractivity contribution >= 4 is 11.6 Å². The quantitative estimate of drug-likeness (QED) is 0.820. The summed E-state index contributed by atoms with van der Waals surface area (Å²) in [5, 5.41) is 0. The van der Waals surface area contributed by atoms with Gasteiger partial charge >= 0.3 is 0 Å². The summed E-state index contributed by atoms with van der Waals surface area (Å²) in [6.45, 7) is 1.02. The highest BCUT2D eigenvalue weighted by Gasteiger charge is 2.33. The Morgan fingerprint density at radius 2 is 1.83 bits per heavy atom. The van der Waals surface area contributed by atoms with Crippen molar-refractivity contribution < 1.29 is 14.3 Å². The van der Waals surface area contributed by atoms with Crippen molar-refractivity contribution in [2.75, 3.05) is 18.6 Å². The Morgan fingerprint density at radius 1 is 1.09 bits per heavy atom. The number of carbonyl (C=O) groups is 1. The molecule has 0 saturated carbocycles. The van der Waals surface area contributed by atoms with Crippen LogP contribution in [0, 0.1) is 0 Å². The number of hydrogen-bond acceptors (Lipinski definition) is 3. The summed E-state index contributed by atoms with van der Waals surface area (Å²) in [6.07, 6.45) is 1.38. The Bertz CT molecular complexity index is 657. The van der Waals surface area contributed by atoms with Crippen molar-refractivity contribution in [1.29, 1.82) is 0 Å². The number of benzene rings is 2. The van der Waals surface area contributed by atoms with Gasteiger partial charge in [0, 0.05) is 13.5 Å². The zero-order valence-electron chi connectivity index (χ0n) is 13.3. The summed E-state index contributed by atoms with van der Waals surface area (Å²) in [6, 6.07) is 17.8. The van der Waals surface area contributed by atoms with Gasteiger partial charge in [-0.2, -0.15) is 0 Å². The van der Waals surface area contributed by atoms with Crippen molar-refractivity contribution in [3.8, 4) is 5.75 Å². The van der Waals surface area contributed by atoms with Gasteiger partial charge in [-0.05, 0) is 24.1 Å². The first-order valence-electron chi connectivity index (χ1n) is 7.86. The SMILES string of the molecule is COC[C@H]1CCC(=O)N1c1ccccc1OCc1ccccc1. The molecular weight excluding hydrogens is 290 g/mol. The fourth-order valence-corrected chi connectivity index (χ4v) is 2.94. The second-order valence-corrected chi connectivity index (χ2v) is 5.65. The lowest BCUT2D eigenvalue weighted by atomic mass is 10.2. The molecule has 0 bridgehead atoms. The van der Waals surface area contributed by atoms with E-state index in [-0.39, 0.29) is 11.9 Å². The zero-order valence-corrected chi connectivity index (χ0v) is 13.3. The van der Waals surface area contributed by atoms with Gasteiger partial charge in [0.1, 0.15) is 12.4 Å². The van der Waals surface area contributed by atoms with Gasteiger partial charge in [0.2, 0.25) is 5.91 Å². The highest BCUT2D eigenvalue weighted by Crippen LogP contribution is 2.34. The minimum absolute atomic E-state index is 0.0778. The number of hydrogen-bond donors (Lipinski definition) is 0. The molecule has 0 radical (unpaired) electrons. The molecule has 0 spiro atoms. The van der Waals surface area contributed by atoms with E-state index in [1.807, 2.05) is 59.5 Å². The van der Waals surface area contributed by atoms with Crippen LogP contribution < -0.4 is 9.64 Å². The largest absolute Gasteiger partial charge is 0.487 e. The van der Waals surface area contributed by atoms with Crippen LogP contribution in [0.15, 0.2) is 54.6 Å². The molecule has 23 heavy (non-hydrogen) atoms. The number of rotatable bonds is 6. The van der Waals surface area contributed by atoms with E-state index in [1.165, 1.54) is 0 Å². The van der Waals surface area contributed by atoms with Crippen molar-refractivity contribution in [3.05, 3.63) is 60.2 Å². The van der Waals surface area contributed by atoms with E-state index in [9.17, 15) is 4.79 Å². The molecular formula is C19H21NO3. The Balaban J connectivity index is 1.81. The van der Waals surface area contributed by atoms with Gasteiger partial charge in [-0.3, -0.25) is 4.79 Å². The Hall–Kier alpha value is -2.33. The summed E-state index contributed by atoms with van der Waals surface area (Å²) in [4.78, 5) is 14.1.